The zero-order chi connectivity index (χ0) is 12.5. The van der Waals surface area contributed by atoms with E-state index < -0.39 is 0 Å². The van der Waals surface area contributed by atoms with Crippen LogP contribution >= 0.6 is 0 Å². The number of furan rings is 1. The van der Waals surface area contributed by atoms with Crippen molar-refractivity contribution in [1.29, 1.82) is 5.26 Å². The van der Waals surface area contributed by atoms with Gasteiger partial charge in [-0.2, -0.15) is 5.26 Å². The van der Waals surface area contributed by atoms with Gasteiger partial charge in [-0.05, 0) is 18.6 Å². The fourth-order valence-electron chi connectivity index (χ4n) is 2.39. The van der Waals surface area contributed by atoms with Crippen molar-refractivity contribution >= 4 is 0 Å². The zero-order valence-corrected chi connectivity index (χ0v) is 10.5. The van der Waals surface area contributed by atoms with Crippen LogP contribution in [-0.2, 0) is 11.3 Å². The number of hydrogen-bond donors (Lipinski definition) is 1. The third-order valence-electron chi connectivity index (χ3n) is 3.76. The topological polar surface area (TPSA) is 58.2 Å². The number of ether oxygens (including phenoxy) is 1. The lowest BCUT2D eigenvalue weighted by Crippen LogP contribution is -2.60. The van der Waals surface area contributed by atoms with Crippen molar-refractivity contribution in [3.8, 4) is 6.07 Å². The molecule has 4 heteroatoms. The fraction of sp³-hybridized carbons (Fsp3) is 0.615. The van der Waals surface area contributed by atoms with Crippen LogP contribution < -0.4 is 5.32 Å². The lowest BCUT2D eigenvalue weighted by Gasteiger charge is -2.51. The van der Waals surface area contributed by atoms with Gasteiger partial charge >= 0.3 is 0 Å². The molecular weight excluding hydrogens is 216 g/mol. The van der Waals surface area contributed by atoms with Crippen LogP contribution in [0.15, 0.2) is 16.5 Å². The third-order valence-corrected chi connectivity index (χ3v) is 3.76. The minimum Gasteiger partial charge on any atom is -0.449 e. The van der Waals surface area contributed by atoms with E-state index in [1.807, 2.05) is 12.1 Å². The molecule has 2 unspecified atom stereocenters. The van der Waals surface area contributed by atoms with Gasteiger partial charge in [0.2, 0.25) is 5.76 Å². The van der Waals surface area contributed by atoms with Crippen molar-refractivity contribution in [2.45, 2.75) is 39.0 Å². The van der Waals surface area contributed by atoms with E-state index in [0.29, 0.717) is 24.5 Å². The van der Waals surface area contributed by atoms with Crippen molar-refractivity contribution < 1.29 is 9.15 Å². The van der Waals surface area contributed by atoms with Crippen LogP contribution in [0.1, 0.15) is 31.8 Å². The van der Waals surface area contributed by atoms with Crippen LogP contribution in [0.25, 0.3) is 0 Å². The standard InChI is InChI=1S/C13H18N2O2/c1-13(2)11(6-12(13)16-3)15-8-10-5-4-9(7-14)17-10/h4-5,11-12,15H,6,8H2,1-3H3. The summed E-state index contributed by atoms with van der Waals surface area (Å²) in [5.74, 6) is 1.17. The third kappa shape index (κ3) is 2.21. The van der Waals surface area contributed by atoms with Crippen molar-refractivity contribution in [3.05, 3.63) is 23.7 Å². The van der Waals surface area contributed by atoms with Crippen molar-refractivity contribution in [1.82, 2.24) is 5.32 Å². The zero-order valence-electron chi connectivity index (χ0n) is 10.5. The quantitative estimate of drug-likeness (QED) is 0.866. The Morgan fingerprint density at radius 1 is 1.59 bits per heavy atom. The SMILES string of the molecule is COC1CC(NCc2ccc(C#N)o2)C1(C)C. The summed E-state index contributed by atoms with van der Waals surface area (Å²) in [7, 11) is 1.76. The Labute approximate surface area is 102 Å². The second-order valence-corrected chi connectivity index (χ2v) is 5.09. The van der Waals surface area contributed by atoms with Crippen LogP contribution in [0.3, 0.4) is 0 Å². The molecule has 1 aromatic rings. The maximum Gasteiger partial charge on any atom is 0.203 e. The van der Waals surface area contributed by atoms with Gasteiger partial charge in [0, 0.05) is 18.6 Å². The number of methoxy groups -OCH3 is 1. The van der Waals surface area contributed by atoms with Gasteiger partial charge in [-0.15, -0.1) is 0 Å². The number of rotatable bonds is 4. The predicted molar refractivity (Wildman–Crippen MR) is 63.2 cm³/mol. The highest BCUT2D eigenvalue weighted by molar-refractivity contribution is 5.19. The van der Waals surface area contributed by atoms with Crippen LogP contribution in [0.5, 0.6) is 0 Å². The van der Waals surface area contributed by atoms with Gasteiger partial charge in [-0.1, -0.05) is 13.8 Å². The second-order valence-electron chi connectivity index (χ2n) is 5.09. The largest absolute Gasteiger partial charge is 0.449 e. The first kappa shape index (κ1) is 12.2. The van der Waals surface area contributed by atoms with Gasteiger partial charge in [0.15, 0.2) is 0 Å². The van der Waals surface area contributed by atoms with E-state index in [1.165, 1.54) is 0 Å². The number of hydrogen-bond acceptors (Lipinski definition) is 4. The lowest BCUT2D eigenvalue weighted by molar-refractivity contribution is -0.0982. The first-order valence-corrected chi connectivity index (χ1v) is 5.83. The Hall–Kier alpha value is -1.31. The van der Waals surface area contributed by atoms with Gasteiger partial charge in [0.25, 0.3) is 0 Å². The van der Waals surface area contributed by atoms with Gasteiger partial charge in [0.1, 0.15) is 11.8 Å². The Bertz CT molecular complexity index is 431. The monoisotopic (exact) mass is 234 g/mol. The Morgan fingerprint density at radius 2 is 2.35 bits per heavy atom. The summed E-state index contributed by atoms with van der Waals surface area (Å²) >= 11 is 0. The summed E-state index contributed by atoms with van der Waals surface area (Å²) in [6, 6.07) is 5.95. The van der Waals surface area contributed by atoms with E-state index in [-0.39, 0.29) is 5.41 Å². The molecule has 0 aromatic carbocycles. The highest BCUT2D eigenvalue weighted by Crippen LogP contribution is 2.42. The number of nitrogens with zero attached hydrogens (tertiary/aromatic N) is 1. The van der Waals surface area contributed by atoms with Crippen LogP contribution in [0, 0.1) is 16.7 Å². The van der Waals surface area contributed by atoms with Crippen molar-refractivity contribution in [2.75, 3.05) is 7.11 Å². The molecule has 1 heterocycles. The van der Waals surface area contributed by atoms with Crippen molar-refractivity contribution in [2.24, 2.45) is 5.41 Å². The molecule has 0 amide bonds. The minimum absolute atomic E-state index is 0.152. The summed E-state index contributed by atoms with van der Waals surface area (Å²) in [4.78, 5) is 0. The average Bonchev–Trinajstić information content (AvgIpc) is 2.76. The average molecular weight is 234 g/mol. The minimum atomic E-state index is 0.152. The number of nitrogens with one attached hydrogen (secondary N) is 1. The molecule has 0 bridgehead atoms. The summed E-state index contributed by atoms with van der Waals surface area (Å²) in [5, 5.41) is 12.1. The van der Waals surface area contributed by atoms with Gasteiger partial charge in [-0.25, -0.2) is 0 Å². The highest BCUT2D eigenvalue weighted by Gasteiger charge is 2.48. The molecule has 1 saturated carbocycles. The molecule has 4 nitrogen and oxygen atoms in total. The summed E-state index contributed by atoms with van der Waals surface area (Å²) in [6.07, 6.45) is 1.35. The molecule has 1 fully saturated rings. The summed E-state index contributed by atoms with van der Waals surface area (Å²) < 4.78 is 10.7. The Kier molecular flexibility index (Phi) is 3.23. The van der Waals surface area contributed by atoms with E-state index in [9.17, 15) is 0 Å². The van der Waals surface area contributed by atoms with E-state index in [1.54, 1.807) is 13.2 Å². The van der Waals surface area contributed by atoms with E-state index >= 15 is 0 Å². The van der Waals surface area contributed by atoms with E-state index in [0.717, 1.165) is 12.2 Å². The van der Waals surface area contributed by atoms with Gasteiger partial charge in [0.05, 0.1) is 12.6 Å². The highest BCUT2D eigenvalue weighted by atomic mass is 16.5. The second kappa shape index (κ2) is 4.52. The molecule has 0 spiro atoms. The molecule has 1 aromatic heterocycles. The molecule has 92 valence electrons. The van der Waals surface area contributed by atoms with Crippen LogP contribution in [0.4, 0.5) is 0 Å². The molecule has 0 saturated heterocycles. The lowest BCUT2D eigenvalue weighted by atomic mass is 9.64. The Morgan fingerprint density at radius 3 is 2.88 bits per heavy atom. The van der Waals surface area contributed by atoms with Gasteiger partial charge < -0.3 is 14.5 Å². The number of nitriles is 1. The molecule has 17 heavy (non-hydrogen) atoms. The smallest absolute Gasteiger partial charge is 0.203 e. The predicted octanol–water partition coefficient (Wildman–Crippen LogP) is 2.05. The summed E-state index contributed by atoms with van der Waals surface area (Å²) in [6.45, 7) is 5.06. The first-order valence-electron chi connectivity index (χ1n) is 5.83. The summed E-state index contributed by atoms with van der Waals surface area (Å²) in [5.41, 5.74) is 0.152. The molecule has 1 aliphatic rings. The van der Waals surface area contributed by atoms with Crippen LogP contribution in [0.2, 0.25) is 0 Å². The van der Waals surface area contributed by atoms with Crippen molar-refractivity contribution in [3.63, 3.8) is 0 Å². The maximum atomic E-state index is 8.65. The maximum absolute atomic E-state index is 8.65. The molecule has 0 radical (unpaired) electrons. The molecular formula is C13H18N2O2. The fourth-order valence-corrected chi connectivity index (χ4v) is 2.39. The van der Waals surface area contributed by atoms with E-state index in [4.69, 9.17) is 14.4 Å². The Balaban J connectivity index is 1.86. The normalized spacial score (nSPS) is 26.2. The molecule has 2 atom stereocenters. The molecule has 1 aliphatic carbocycles. The molecule has 1 N–H and O–H groups in total. The van der Waals surface area contributed by atoms with Crippen LogP contribution in [-0.4, -0.2) is 19.3 Å². The molecule has 0 aliphatic heterocycles. The first-order chi connectivity index (χ1) is 8.07. The van der Waals surface area contributed by atoms with E-state index in [2.05, 4.69) is 19.2 Å². The molecule has 2 rings (SSSR count). The van der Waals surface area contributed by atoms with Gasteiger partial charge in [-0.3, -0.25) is 0 Å².